The maximum atomic E-state index is 11.7. The maximum Gasteiger partial charge on any atom is 0.476 e. The number of hydrogen-bond acceptors (Lipinski definition) is 4. The van der Waals surface area contributed by atoms with Gasteiger partial charge in [0.05, 0.1) is 18.8 Å². The first-order valence-corrected chi connectivity index (χ1v) is 5.58. The second-order valence-electron chi connectivity index (χ2n) is 2.93. The molecule has 0 aliphatic carbocycles. The summed E-state index contributed by atoms with van der Waals surface area (Å²) in [4.78, 5) is 0. The molecule has 0 radical (unpaired) electrons. The van der Waals surface area contributed by atoms with E-state index in [-0.39, 0.29) is 18.8 Å². The lowest BCUT2D eigenvalue weighted by Gasteiger charge is -2.29. The first-order valence-electron chi connectivity index (χ1n) is 4.12. The molecule has 0 N–H and O–H groups in total. The molecule has 1 unspecified atom stereocenters. The fourth-order valence-electron chi connectivity index (χ4n) is 1.33. The molecule has 1 saturated heterocycles. The molecule has 0 spiro atoms. The van der Waals surface area contributed by atoms with Gasteiger partial charge in [-0.1, -0.05) is 18.2 Å². The van der Waals surface area contributed by atoms with Gasteiger partial charge >= 0.3 is 7.82 Å². The minimum atomic E-state index is -3.31. The lowest BCUT2D eigenvalue weighted by molar-refractivity contribution is 0.0318. The molecule has 0 aromatic carbocycles. The second kappa shape index (κ2) is 3.39. The van der Waals surface area contributed by atoms with Gasteiger partial charge in [-0.2, -0.15) is 0 Å². The molecule has 0 aromatic rings. The minimum absolute atomic E-state index is 0.176. The fourth-order valence-corrected chi connectivity index (χ4v) is 2.76. The normalized spacial score (nSPS) is 44.0. The second-order valence-corrected chi connectivity index (χ2v) is 4.50. The third-order valence-corrected chi connectivity index (χ3v) is 3.46. The van der Waals surface area contributed by atoms with Crippen LogP contribution in [0.1, 0.15) is 6.42 Å². The van der Waals surface area contributed by atoms with Gasteiger partial charge in [0.25, 0.3) is 0 Å². The van der Waals surface area contributed by atoms with Gasteiger partial charge in [-0.05, 0) is 0 Å². The molecule has 2 rings (SSSR count). The molecule has 1 fully saturated rings. The first kappa shape index (κ1) is 9.16. The Morgan fingerprint density at radius 1 is 1.54 bits per heavy atom. The van der Waals surface area contributed by atoms with Crippen LogP contribution in [0.25, 0.3) is 0 Å². The molecule has 0 saturated carbocycles. The third-order valence-electron chi connectivity index (χ3n) is 1.94. The summed E-state index contributed by atoms with van der Waals surface area (Å²) in [5.41, 5.74) is 0. The molecule has 0 amide bonds. The standard InChI is InChI=1S/C8H11O4P/c1-2-7-6-8-4-3-5-10-13(9,11-7)12-8/h2-4,7-8H,1,5-6H2/t7-,8-,13?/m0/s1. The van der Waals surface area contributed by atoms with Crippen molar-refractivity contribution in [2.75, 3.05) is 6.61 Å². The van der Waals surface area contributed by atoms with Gasteiger partial charge in [0.1, 0.15) is 0 Å². The van der Waals surface area contributed by atoms with E-state index in [1.54, 1.807) is 12.2 Å². The van der Waals surface area contributed by atoms with Crippen LogP contribution in [0.4, 0.5) is 0 Å². The zero-order chi connectivity index (χ0) is 9.31. The van der Waals surface area contributed by atoms with Crippen LogP contribution in [0.3, 0.4) is 0 Å². The van der Waals surface area contributed by atoms with Crippen molar-refractivity contribution in [2.45, 2.75) is 18.6 Å². The highest BCUT2D eigenvalue weighted by molar-refractivity contribution is 7.48. The SMILES string of the molecule is C=C[C@H]1C[C@@H]2C=CCOP(=O)(O1)O2. The molecule has 4 nitrogen and oxygen atoms in total. The lowest BCUT2D eigenvalue weighted by Crippen LogP contribution is -2.25. The van der Waals surface area contributed by atoms with Crippen LogP contribution < -0.4 is 0 Å². The summed E-state index contributed by atoms with van der Waals surface area (Å²) >= 11 is 0. The highest BCUT2D eigenvalue weighted by Gasteiger charge is 2.39. The number of phosphoric ester groups is 1. The van der Waals surface area contributed by atoms with Gasteiger partial charge in [-0.25, -0.2) is 4.57 Å². The smallest absolute Gasteiger partial charge is 0.283 e. The maximum absolute atomic E-state index is 11.7. The lowest BCUT2D eigenvalue weighted by atomic mass is 10.1. The molecular weight excluding hydrogens is 191 g/mol. The molecule has 2 heterocycles. The Morgan fingerprint density at radius 2 is 2.38 bits per heavy atom. The van der Waals surface area contributed by atoms with E-state index in [2.05, 4.69) is 6.58 Å². The summed E-state index contributed by atoms with van der Waals surface area (Å²) in [6.07, 6.45) is 5.48. The average Bonchev–Trinajstić information content (AvgIpc) is 2.23. The molecule has 2 aliphatic heterocycles. The van der Waals surface area contributed by atoms with Crippen LogP contribution in [-0.2, 0) is 18.1 Å². The Bertz CT molecular complexity index is 286. The average molecular weight is 202 g/mol. The van der Waals surface area contributed by atoms with Crippen molar-refractivity contribution in [1.29, 1.82) is 0 Å². The van der Waals surface area contributed by atoms with Crippen LogP contribution in [0, 0.1) is 0 Å². The zero-order valence-corrected chi connectivity index (χ0v) is 7.98. The van der Waals surface area contributed by atoms with E-state index in [0.717, 1.165) is 0 Å². The predicted octanol–water partition coefficient (Wildman–Crippen LogP) is 2.04. The van der Waals surface area contributed by atoms with Gasteiger partial charge in [-0.15, -0.1) is 6.58 Å². The van der Waals surface area contributed by atoms with E-state index >= 15 is 0 Å². The Balaban J connectivity index is 2.22. The van der Waals surface area contributed by atoms with Crippen LogP contribution in [0.5, 0.6) is 0 Å². The number of hydrogen-bond donors (Lipinski definition) is 0. The van der Waals surface area contributed by atoms with Crippen LogP contribution >= 0.6 is 7.82 Å². The number of rotatable bonds is 1. The summed E-state index contributed by atoms with van der Waals surface area (Å²) in [6, 6.07) is 0. The van der Waals surface area contributed by atoms with E-state index in [9.17, 15) is 4.57 Å². The minimum Gasteiger partial charge on any atom is -0.283 e. The highest BCUT2D eigenvalue weighted by Crippen LogP contribution is 2.56. The molecule has 0 aromatic heterocycles. The molecule has 13 heavy (non-hydrogen) atoms. The van der Waals surface area contributed by atoms with Crippen molar-refractivity contribution in [3.8, 4) is 0 Å². The molecule has 72 valence electrons. The molecular formula is C8H11O4P. The van der Waals surface area contributed by atoms with Gasteiger partial charge in [0, 0.05) is 6.42 Å². The number of fused-ring (bicyclic) bond motifs is 2. The third kappa shape index (κ3) is 1.92. The molecule has 2 bridgehead atoms. The summed E-state index contributed by atoms with van der Waals surface area (Å²) in [5, 5.41) is 0. The predicted molar refractivity (Wildman–Crippen MR) is 47.3 cm³/mol. The monoisotopic (exact) mass is 202 g/mol. The van der Waals surface area contributed by atoms with E-state index in [1.165, 1.54) is 0 Å². The van der Waals surface area contributed by atoms with Crippen LogP contribution in [0.15, 0.2) is 24.8 Å². The number of phosphoric acid groups is 1. The van der Waals surface area contributed by atoms with E-state index < -0.39 is 7.82 Å². The van der Waals surface area contributed by atoms with Gasteiger partial charge < -0.3 is 0 Å². The Kier molecular flexibility index (Phi) is 2.39. The largest absolute Gasteiger partial charge is 0.476 e. The zero-order valence-electron chi connectivity index (χ0n) is 7.09. The molecule has 2 aliphatic rings. The van der Waals surface area contributed by atoms with E-state index in [0.29, 0.717) is 6.42 Å². The van der Waals surface area contributed by atoms with Crippen molar-refractivity contribution in [3.63, 3.8) is 0 Å². The van der Waals surface area contributed by atoms with Crippen LogP contribution in [0.2, 0.25) is 0 Å². The summed E-state index contributed by atoms with van der Waals surface area (Å²) in [7, 11) is -3.31. The van der Waals surface area contributed by atoms with Crippen LogP contribution in [-0.4, -0.2) is 18.8 Å². The van der Waals surface area contributed by atoms with Crippen molar-refractivity contribution < 1.29 is 18.1 Å². The summed E-state index contributed by atoms with van der Waals surface area (Å²) in [6.45, 7) is 3.87. The van der Waals surface area contributed by atoms with Crippen molar-refractivity contribution in [2.24, 2.45) is 0 Å². The van der Waals surface area contributed by atoms with Gasteiger partial charge in [0.15, 0.2) is 0 Å². The quantitative estimate of drug-likeness (QED) is 0.482. The topological polar surface area (TPSA) is 44.8 Å². The molecule has 5 heteroatoms. The summed E-state index contributed by atoms with van der Waals surface area (Å²) < 4.78 is 26.9. The van der Waals surface area contributed by atoms with Crippen molar-refractivity contribution in [1.82, 2.24) is 0 Å². The highest BCUT2D eigenvalue weighted by atomic mass is 31.2. The van der Waals surface area contributed by atoms with Gasteiger partial charge in [0.2, 0.25) is 0 Å². The van der Waals surface area contributed by atoms with E-state index in [4.69, 9.17) is 13.6 Å². The Morgan fingerprint density at radius 3 is 3.15 bits per heavy atom. The van der Waals surface area contributed by atoms with Crippen molar-refractivity contribution >= 4 is 7.82 Å². The van der Waals surface area contributed by atoms with E-state index in [1.807, 2.05) is 6.08 Å². The fraction of sp³-hybridized carbons (Fsp3) is 0.500. The van der Waals surface area contributed by atoms with Gasteiger partial charge in [-0.3, -0.25) is 13.6 Å². The molecule has 3 atom stereocenters. The summed E-state index contributed by atoms with van der Waals surface area (Å²) in [5.74, 6) is 0. The first-order chi connectivity index (χ1) is 6.22. The van der Waals surface area contributed by atoms with Crippen molar-refractivity contribution in [3.05, 3.63) is 24.8 Å². The Hall–Kier alpha value is -0.410. The Labute approximate surface area is 76.8 Å².